The Bertz CT molecular complexity index is 265. The van der Waals surface area contributed by atoms with Gasteiger partial charge in [-0.25, -0.2) is 0 Å². The first-order valence-electron chi connectivity index (χ1n) is 4.27. The maximum Gasteiger partial charge on any atom is 0.183 e. The number of ketones is 1. The molecule has 66 valence electrons. The summed E-state index contributed by atoms with van der Waals surface area (Å²) in [4.78, 5) is 11.3. The van der Waals surface area contributed by atoms with Crippen molar-refractivity contribution < 1.29 is 4.79 Å². The van der Waals surface area contributed by atoms with Gasteiger partial charge in [-0.3, -0.25) is 9.48 Å². The second kappa shape index (κ2) is 4.04. The fourth-order valence-corrected chi connectivity index (χ4v) is 1.03. The predicted molar refractivity (Wildman–Crippen MR) is 47.1 cm³/mol. The zero-order valence-electron chi connectivity index (χ0n) is 7.58. The van der Waals surface area contributed by atoms with Crippen LogP contribution >= 0.6 is 0 Å². The lowest BCUT2D eigenvalue weighted by atomic mass is 10.1. The van der Waals surface area contributed by atoms with E-state index in [4.69, 9.17) is 0 Å². The van der Waals surface area contributed by atoms with Crippen LogP contribution in [0.3, 0.4) is 0 Å². The normalized spacial score (nSPS) is 10.2. The molecule has 3 nitrogen and oxygen atoms in total. The van der Waals surface area contributed by atoms with Crippen LogP contribution < -0.4 is 0 Å². The highest BCUT2D eigenvalue weighted by Crippen LogP contribution is 2.03. The Kier molecular flexibility index (Phi) is 3.02. The van der Waals surface area contributed by atoms with E-state index < -0.39 is 0 Å². The van der Waals surface area contributed by atoms with Crippen LogP contribution in [0.15, 0.2) is 12.3 Å². The highest BCUT2D eigenvalue weighted by molar-refractivity contribution is 5.94. The summed E-state index contributed by atoms with van der Waals surface area (Å²) in [7, 11) is 1.82. The van der Waals surface area contributed by atoms with Gasteiger partial charge in [0.2, 0.25) is 0 Å². The zero-order chi connectivity index (χ0) is 8.97. The topological polar surface area (TPSA) is 34.9 Å². The molecule has 0 aliphatic carbocycles. The minimum Gasteiger partial charge on any atom is -0.292 e. The largest absolute Gasteiger partial charge is 0.292 e. The lowest BCUT2D eigenvalue weighted by Crippen LogP contribution is -2.00. The van der Waals surface area contributed by atoms with Crippen molar-refractivity contribution in [1.82, 2.24) is 9.78 Å². The Labute approximate surface area is 72.4 Å². The molecule has 3 heteroatoms. The Morgan fingerprint density at radius 1 is 1.67 bits per heavy atom. The summed E-state index contributed by atoms with van der Waals surface area (Å²) in [6.45, 7) is 2.08. The summed E-state index contributed by atoms with van der Waals surface area (Å²) in [5, 5.41) is 4.03. The fourth-order valence-electron chi connectivity index (χ4n) is 1.03. The van der Waals surface area contributed by atoms with Gasteiger partial charge in [-0.05, 0) is 12.5 Å². The van der Waals surface area contributed by atoms with Crippen molar-refractivity contribution in [2.24, 2.45) is 7.05 Å². The van der Waals surface area contributed by atoms with Crippen LogP contribution in [0.2, 0.25) is 0 Å². The Balaban J connectivity index is 2.53. The number of hydrogen-bond acceptors (Lipinski definition) is 2. The maximum atomic E-state index is 11.3. The Morgan fingerprint density at radius 2 is 2.42 bits per heavy atom. The predicted octanol–water partition coefficient (Wildman–Crippen LogP) is 1.79. The van der Waals surface area contributed by atoms with Crippen LogP contribution in [0.1, 0.15) is 36.7 Å². The van der Waals surface area contributed by atoms with Gasteiger partial charge < -0.3 is 0 Å². The van der Waals surface area contributed by atoms with Gasteiger partial charge in [0.15, 0.2) is 5.78 Å². The van der Waals surface area contributed by atoms with Crippen molar-refractivity contribution >= 4 is 5.78 Å². The maximum absolute atomic E-state index is 11.3. The standard InChI is InChI=1S/C9H14N2O/c1-3-4-5-9(12)8-6-7-11(2)10-8/h6-7H,3-5H2,1-2H3. The number of aromatic nitrogens is 2. The first-order valence-corrected chi connectivity index (χ1v) is 4.27. The average molecular weight is 166 g/mol. The molecule has 12 heavy (non-hydrogen) atoms. The number of carbonyl (C=O) groups excluding carboxylic acids is 1. The van der Waals surface area contributed by atoms with Crippen LogP contribution in [-0.4, -0.2) is 15.6 Å². The van der Waals surface area contributed by atoms with Gasteiger partial charge in [0.05, 0.1) is 0 Å². The summed E-state index contributed by atoms with van der Waals surface area (Å²) in [6.07, 6.45) is 4.42. The number of unbranched alkanes of at least 4 members (excludes halogenated alkanes) is 1. The molecule has 0 aliphatic heterocycles. The average Bonchev–Trinajstić information content (AvgIpc) is 2.47. The van der Waals surface area contributed by atoms with Crippen molar-refractivity contribution in [3.63, 3.8) is 0 Å². The molecule has 1 aromatic rings. The summed E-state index contributed by atoms with van der Waals surface area (Å²) in [5.41, 5.74) is 0.589. The van der Waals surface area contributed by atoms with E-state index in [0.29, 0.717) is 12.1 Å². The molecule has 0 bridgehead atoms. The summed E-state index contributed by atoms with van der Waals surface area (Å²) in [5.74, 6) is 0.150. The third-order valence-electron chi connectivity index (χ3n) is 1.76. The van der Waals surface area contributed by atoms with Gasteiger partial charge >= 0.3 is 0 Å². The van der Waals surface area contributed by atoms with E-state index >= 15 is 0 Å². The molecule has 1 rings (SSSR count). The number of hydrogen-bond donors (Lipinski definition) is 0. The van der Waals surface area contributed by atoms with Gasteiger partial charge in [-0.15, -0.1) is 0 Å². The van der Waals surface area contributed by atoms with Crippen molar-refractivity contribution in [2.75, 3.05) is 0 Å². The smallest absolute Gasteiger partial charge is 0.183 e. The first kappa shape index (κ1) is 8.97. The summed E-state index contributed by atoms with van der Waals surface area (Å²) >= 11 is 0. The number of Topliss-reactive ketones (excluding diaryl/α,β-unsaturated/α-hetero) is 1. The van der Waals surface area contributed by atoms with Crippen molar-refractivity contribution in [1.29, 1.82) is 0 Å². The van der Waals surface area contributed by atoms with Gasteiger partial charge in [0.25, 0.3) is 0 Å². The lowest BCUT2D eigenvalue weighted by molar-refractivity contribution is 0.0974. The molecule has 0 atom stereocenters. The monoisotopic (exact) mass is 166 g/mol. The molecular weight excluding hydrogens is 152 g/mol. The third-order valence-corrected chi connectivity index (χ3v) is 1.76. The first-order chi connectivity index (χ1) is 5.74. The molecule has 0 amide bonds. The molecule has 0 saturated carbocycles. The molecule has 0 spiro atoms. The van der Waals surface area contributed by atoms with Crippen LogP contribution in [0.25, 0.3) is 0 Å². The SMILES string of the molecule is CCCCC(=O)c1ccn(C)n1. The van der Waals surface area contributed by atoms with E-state index in [2.05, 4.69) is 12.0 Å². The second-order valence-corrected chi connectivity index (χ2v) is 2.90. The van der Waals surface area contributed by atoms with E-state index in [9.17, 15) is 4.79 Å². The van der Waals surface area contributed by atoms with Crippen LogP contribution in [-0.2, 0) is 7.05 Å². The van der Waals surface area contributed by atoms with E-state index in [-0.39, 0.29) is 5.78 Å². The molecule has 0 saturated heterocycles. The molecule has 0 unspecified atom stereocenters. The van der Waals surface area contributed by atoms with E-state index in [1.165, 1.54) is 0 Å². The molecule has 0 fully saturated rings. The fraction of sp³-hybridized carbons (Fsp3) is 0.556. The quantitative estimate of drug-likeness (QED) is 0.639. The third kappa shape index (κ3) is 2.19. The van der Waals surface area contributed by atoms with Crippen molar-refractivity contribution in [2.45, 2.75) is 26.2 Å². The van der Waals surface area contributed by atoms with E-state index in [1.54, 1.807) is 16.9 Å². The highest BCUT2D eigenvalue weighted by Gasteiger charge is 2.06. The van der Waals surface area contributed by atoms with E-state index in [0.717, 1.165) is 12.8 Å². The molecule has 1 aromatic heterocycles. The number of aryl methyl sites for hydroxylation is 1. The Morgan fingerprint density at radius 3 is 2.92 bits per heavy atom. The minimum atomic E-state index is 0.150. The molecule has 0 N–H and O–H groups in total. The molecular formula is C9H14N2O. The lowest BCUT2D eigenvalue weighted by Gasteiger charge is -1.93. The van der Waals surface area contributed by atoms with Crippen LogP contribution in [0.5, 0.6) is 0 Å². The molecule has 0 radical (unpaired) electrons. The van der Waals surface area contributed by atoms with Crippen LogP contribution in [0.4, 0.5) is 0 Å². The minimum absolute atomic E-state index is 0.150. The summed E-state index contributed by atoms with van der Waals surface area (Å²) < 4.78 is 1.65. The second-order valence-electron chi connectivity index (χ2n) is 2.90. The number of nitrogens with zero attached hydrogens (tertiary/aromatic N) is 2. The summed E-state index contributed by atoms with van der Waals surface area (Å²) in [6, 6.07) is 1.76. The van der Waals surface area contributed by atoms with Gasteiger partial charge in [-0.1, -0.05) is 13.3 Å². The molecule has 1 heterocycles. The van der Waals surface area contributed by atoms with Crippen molar-refractivity contribution in [3.8, 4) is 0 Å². The number of carbonyl (C=O) groups is 1. The van der Waals surface area contributed by atoms with Gasteiger partial charge in [0, 0.05) is 19.7 Å². The Hall–Kier alpha value is -1.12. The molecule has 0 aliphatic rings. The van der Waals surface area contributed by atoms with Crippen molar-refractivity contribution in [3.05, 3.63) is 18.0 Å². The van der Waals surface area contributed by atoms with E-state index in [1.807, 2.05) is 7.05 Å². The van der Waals surface area contributed by atoms with Gasteiger partial charge in [0.1, 0.15) is 5.69 Å². The number of rotatable bonds is 4. The van der Waals surface area contributed by atoms with Crippen LogP contribution in [0, 0.1) is 0 Å². The zero-order valence-corrected chi connectivity index (χ0v) is 7.58. The molecule has 0 aromatic carbocycles. The highest BCUT2D eigenvalue weighted by atomic mass is 16.1. The van der Waals surface area contributed by atoms with Gasteiger partial charge in [-0.2, -0.15) is 5.10 Å².